The zero-order chi connectivity index (χ0) is 53.8. The third-order valence-corrected chi connectivity index (χ3v) is 16.2. The molecule has 1 spiro atoms. The Labute approximate surface area is 434 Å². The molecule has 0 aromatic rings. The van der Waals surface area contributed by atoms with E-state index in [-0.39, 0.29) is 49.0 Å². The fraction of sp³-hybridized carbons (Fsp3) is 0.778. The van der Waals surface area contributed by atoms with Gasteiger partial charge in [0.25, 0.3) is 0 Å². The molecule has 2 bridgehead atoms. The molecule has 4 fully saturated rings. The molecule has 0 saturated carbocycles. The van der Waals surface area contributed by atoms with Crippen molar-refractivity contribution in [2.75, 3.05) is 34.0 Å². The molecule has 6 aliphatic heterocycles. The number of carbonyl (C=O) groups is 1. The Bertz CT molecular complexity index is 2080. The summed E-state index contributed by atoms with van der Waals surface area (Å²) in [5, 5.41) is 77.1. The molecule has 7 rings (SSSR count). The molecule has 6 heterocycles. The molecule has 0 radical (unpaired) electrons. The summed E-state index contributed by atoms with van der Waals surface area (Å²) in [4.78, 5) is 20.1. The maximum absolute atomic E-state index is 14.4. The minimum absolute atomic E-state index is 0.00624. The summed E-state index contributed by atoms with van der Waals surface area (Å²) < 4.78 is 64.4. The van der Waals surface area contributed by atoms with Crippen molar-refractivity contribution in [2.45, 2.75) is 209 Å². The topological polar surface area (TPSA) is 273 Å². The Kier molecular flexibility index (Phi) is 20.0. The van der Waals surface area contributed by atoms with Crippen molar-refractivity contribution in [3.05, 3.63) is 59.3 Å². The first-order valence-electron chi connectivity index (χ1n) is 26.4. The highest BCUT2D eigenvalue weighted by Crippen LogP contribution is 2.47. The van der Waals surface area contributed by atoms with Crippen molar-refractivity contribution in [1.29, 1.82) is 0 Å². The Morgan fingerprint density at radius 1 is 0.892 bits per heavy atom. The van der Waals surface area contributed by atoms with Crippen LogP contribution < -0.4 is 0 Å². The van der Waals surface area contributed by atoms with E-state index >= 15 is 0 Å². The van der Waals surface area contributed by atoms with Crippen LogP contribution in [0.4, 0.5) is 0 Å². The van der Waals surface area contributed by atoms with Gasteiger partial charge in [0.1, 0.15) is 66.1 Å². The molecule has 0 amide bonds. The molecule has 20 nitrogen and oxygen atoms in total. The molecule has 4 saturated heterocycles. The number of esters is 1. The number of oxime groups is 1. The third-order valence-electron chi connectivity index (χ3n) is 16.2. The first-order valence-corrected chi connectivity index (χ1v) is 26.4. The normalized spacial score (nSPS) is 42.8. The molecular formula is C54H83NO19. The zero-order valence-electron chi connectivity index (χ0n) is 44.5. The highest BCUT2D eigenvalue weighted by Gasteiger charge is 2.60. The largest absolute Gasteiger partial charge is 0.462 e. The summed E-state index contributed by atoms with van der Waals surface area (Å²) in [5.41, 5.74) is -0.399. The Hall–Kier alpha value is -3.00. The van der Waals surface area contributed by atoms with Gasteiger partial charge in [-0.25, -0.2) is 0 Å². The molecule has 1 aliphatic carbocycles. The van der Waals surface area contributed by atoms with E-state index in [4.69, 9.17) is 52.2 Å². The number of methoxy groups -OCH3 is 2. The van der Waals surface area contributed by atoms with Crippen LogP contribution in [0.3, 0.4) is 0 Å². The number of nitrogens with zero attached hydrogens (tertiary/aromatic N) is 1. The average molecular weight is 1050 g/mol. The lowest BCUT2D eigenvalue weighted by molar-refractivity contribution is -0.321. The number of aliphatic hydroxyl groups excluding tert-OH is 6. The predicted molar refractivity (Wildman–Crippen MR) is 266 cm³/mol. The van der Waals surface area contributed by atoms with Crippen LogP contribution in [0.25, 0.3) is 0 Å². The first kappa shape index (κ1) is 58.7. The highest BCUT2D eigenvalue weighted by atomic mass is 16.7. The van der Waals surface area contributed by atoms with Crippen molar-refractivity contribution in [2.24, 2.45) is 28.8 Å². The van der Waals surface area contributed by atoms with Crippen LogP contribution in [-0.2, 0) is 57.0 Å². The summed E-state index contributed by atoms with van der Waals surface area (Å²) in [7, 11) is 3.08. The number of rotatable bonds is 15. The van der Waals surface area contributed by atoms with Crippen molar-refractivity contribution < 1.29 is 92.7 Å². The van der Waals surface area contributed by atoms with E-state index in [1.807, 2.05) is 39.0 Å². The molecule has 0 aromatic carbocycles. The maximum atomic E-state index is 14.4. The lowest BCUT2D eigenvalue weighted by Gasteiger charge is -2.48. The van der Waals surface area contributed by atoms with Crippen molar-refractivity contribution in [3.63, 3.8) is 0 Å². The molecule has 0 aromatic heterocycles. The molecule has 7 N–H and O–H groups in total. The van der Waals surface area contributed by atoms with Crippen LogP contribution in [0.15, 0.2) is 64.4 Å². The van der Waals surface area contributed by atoms with Gasteiger partial charge in [-0.3, -0.25) is 4.79 Å². The van der Waals surface area contributed by atoms with E-state index in [0.29, 0.717) is 30.4 Å². The van der Waals surface area contributed by atoms with Gasteiger partial charge in [0.2, 0.25) is 0 Å². The Balaban J connectivity index is 1.11. The quantitative estimate of drug-likeness (QED) is 0.0538. The molecule has 418 valence electrons. The number of hydrogen-bond donors (Lipinski definition) is 7. The van der Waals surface area contributed by atoms with Crippen LogP contribution >= 0.6 is 0 Å². The zero-order valence-corrected chi connectivity index (χ0v) is 44.5. The van der Waals surface area contributed by atoms with Crippen molar-refractivity contribution in [1.82, 2.24) is 0 Å². The average Bonchev–Trinajstić information content (AvgIpc) is 3.72. The molecular weight excluding hydrogens is 967 g/mol. The fourth-order valence-corrected chi connectivity index (χ4v) is 11.5. The lowest BCUT2D eigenvalue weighted by Crippen LogP contribution is -2.58. The maximum Gasteiger partial charge on any atom is 0.316 e. The van der Waals surface area contributed by atoms with E-state index in [9.17, 15) is 40.5 Å². The van der Waals surface area contributed by atoms with Gasteiger partial charge in [0.05, 0.1) is 56.4 Å². The van der Waals surface area contributed by atoms with Gasteiger partial charge in [-0.15, -0.1) is 0 Å². The Morgan fingerprint density at radius 3 is 2.23 bits per heavy atom. The van der Waals surface area contributed by atoms with Gasteiger partial charge in [0, 0.05) is 51.7 Å². The minimum atomic E-state index is -1.88. The summed E-state index contributed by atoms with van der Waals surface area (Å²) in [6, 6.07) is 0. The number of hydrogen-bond acceptors (Lipinski definition) is 20. The molecule has 23 atom stereocenters. The van der Waals surface area contributed by atoms with E-state index in [1.165, 1.54) is 7.11 Å². The minimum Gasteiger partial charge on any atom is -0.462 e. The number of carbonyl (C=O) groups excluding carboxylic acids is 1. The highest BCUT2D eigenvalue weighted by molar-refractivity contribution is 5.89. The van der Waals surface area contributed by atoms with Gasteiger partial charge in [-0.05, 0) is 62.8 Å². The summed E-state index contributed by atoms with van der Waals surface area (Å²) in [6.07, 6.45) is 1.14. The van der Waals surface area contributed by atoms with Gasteiger partial charge in [-0.1, -0.05) is 75.7 Å². The van der Waals surface area contributed by atoms with Gasteiger partial charge in [0.15, 0.2) is 24.5 Å². The molecule has 4 unspecified atom stereocenters. The van der Waals surface area contributed by atoms with E-state index < -0.39 is 135 Å². The standard InChI is InChI=1S/C54H83NO19/c1-11-27(2)48-30(5)17-18-53(73-48)23-36-20-35(72-53)16-15-29(4)47(28(3)13-12-14-34-26-66-51-44(59)31(6)19-37(52(62)69-36)54(34,51)63)70-42-21-40(64-9)49(32(7)67-42)71-43-22-41(65-10)50(33(8)68-43)74-55-38(24-56)45(60)46(61)39(58)25-57/h12-15,17-19,27-28,30,32-33,35-37,39-51,56-61,63H,11,16,20-26H2,1-10H3/t27?,28-,30-,32-,33-,35+,36-,37-,39?,40-,41-,42-,43-,44+,45?,46?,47-,48+,49-,50-,51+,53+,54+/m0/s1. The van der Waals surface area contributed by atoms with Crippen LogP contribution in [0.2, 0.25) is 0 Å². The van der Waals surface area contributed by atoms with Crippen LogP contribution in [0.5, 0.6) is 0 Å². The first-order chi connectivity index (χ1) is 35.2. The lowest BCUT2D eigenvalue weighted by atomic mass is 9.71. The van der Waals surface area contributed by atoms with Crippen molar-refractivity contribution >= 4 is 11.7 Å². The van der Waals surface area contributed by atoms with E-state index in [1.54, 1.807) is 33.1 Å². The molecule has 20 heteroatoms. The van der Waals surface area contributed by atoms with Crippen molar-refractivity contribution in [3.8, 4) is 0 Å². The predicted octanol–water partition coefficient (Wildman–Crippen LogP) is 2.83. The fourth-order valence-electron chi connectivity index (χ4n) is 11.5. The monoisotopic (exact) mass is 1050 g/mol. The van der Waals surface area contributed by atoms with Gasteiger partial charge >= 0.3 is 5.97 Å². The second-order valence-electron chi connectivity index (χ2n) is 21.5. The molecule has 7 aliphatic rings. The summed E-state index contributed by atoms with van der Waals surface area (Å²) in [6.45, 7) is 14.1. The number of fused-ring (bicyclic) bond motifs is 2. The smallest absolute Gasteiger partial charge is 0.316 e. The van der Waals surface area contributed by atoms with Crippen LogP contribution in [-0.4, -0.2) is 197 Å². The second kappa shape index (κ2) is 25.2. The number of ether oxygens (including phenoxy) is 10. The van der Waals surface area contributed by atoms with Crippen LogP contribution in [0, 0.1) is 23.7 Å². The summed E-state index contributed by atoms with van der Waals surface area (Å²) >= 11 is 0. The number of aliphatic hydroxyl groups is 7. The second-order valence-corrected chi connectivity index (χ2v) is 21.5. The van der Waals surface area contributed by atoms with Crippen LogP contribution in [0.1, 0.15) is 93.9 Å². The SMILES string of the molecule is CCC(C)[C@H]1O[C@]2(C=C[C@@H]1C)C[C@@H]1C[C@@H](CC=C(C)[C@@H](O[C@H]3C[C@H](OC)[C@@H](O[C@H]4C[C@H](OC)[C@@H](ON=C(CO)C(O)C(O)C(O)CO)[C@H](C)O4)[C@H](C)O3)[C@@H](C)C=CC=C3CO[C@@H]4[C@H](O)C(C)=C[C@@H](C(=O)O1)[C@]34O)O2. The van der Waals surface area contributed by atoms with Gasteiger partial charge in [-0.2, -0.15) is 0 Å². The van der Waals surface area contributed by atoms with Gasteiger partial charge < -0.3 is 88.0 Å². The Morgan fingerprint density at radius 2 is 1.57 bits per heavy atom. The number of allylic oxidation sites excluding steroid dienone is 2. The van der Waals surface area contributed by atoms with E-state index in [2.05, 4.69) is 38.1 Å². The summed E-state index contributed by atoms with van der Waals surface area (Å²) in [5.74, 6) is -2.81. The van der Waals surface area contributed by atoms with E-state index in [0.717, 1.165) is 12.0 Å². The molecule has 74 heavy (non-hydrogen) atoms. The third kappa shape index (κ3) is 12.6.